The number of likely N-dealkylation sites (tertiary alicyclic amines) is 1. The van der Waals surface area contributed by atoms with Gasteiger partial charge in [-0.1, -0.05) is 30.7 Å². The van der Waals surface area contributed by atoms with E-state index in [9.17, 15) is 0 Å². The van der Waals surface area contributed by atoms with Crippen molar-refractivity contribution in [3.8, 4) is 0 Å². The van der Waals surface area contributed by atoms with Crippen LogP contribution in [-0.2, 0) is 0 Å². The second-order valence-corrected chi connectivity index (χ2v) is 5.86. The van der Waals surface area contributed by atoms with E-state index in [4.69, 9.17) is 11.6 Å². The van der Waals surface area contributed by atoms with Gasteiger partial charge in [0, 0.05) is 23.7 Å². The summed E-state index contributed by atoms with van der Waals surface area (Å²) >= 11 is 6.08. The van der Waals surface area contributed by atoms with Crippen molar-refractivity contribution in [1.29, 1.82) is 0 Å². The number of rotatable bonds is 6. The van der Waals surface area contributed by atoms with Gasteiger partial charge in [-0.05, 0) is 57.0 Å². The highest BCUT2D eigenvalue weighted by atomic mass is 35.5. The molecule has 1 saturated heterocycles. The minimum absolute atomic E-state index is 0.400. The number of hydrogen-bond donors (Lipinski definition) is 1. The number of benzene rings is 1. The summed E-state index contributed by atoms with van der Waals surface area (Å²) in [7, 11) is 2.03. The Labute approximate surface area is 122 Å². The lowest BCUT2D eigenvalue weighted by Crippen LogP contribution is -2.32. The zero-order valence-electron chi connectivity index (χ0n) is 12.0. The summed E-state index contributed by atoms with van der Waals surface area (Å²) in [6.07, 6.45) is 5.16. The summed E-state index contributed by atoms with van der Waals surface area (Å²) in [5.74, 6) is 0. The van der Waals surface area contributed by atoms with Gasteiger partial charge < -0.3 is 10.2 Å². The Kier molecular flexibility index (Phi) is 5.68. The van der Waals surface area contributed by atoms with Crippen LogP contribution in [0.4, 0.5) is 0 Å². The molecular formula is C16H25ClN2. The molecule has 2 unspecified atom stereocenters. The van der Waals surface area contributed by atoms with Crippen molar-refractivity contribution in [3.63, 3.8) is 0 Å². The molecule has 0 spiro atoms. The molecule has 1 aliphatic rings. The Morgan fingerprint density at radius 2 is 2.32 bits per heavy atom. The smallest absolute Gasteiger partial charge is 0.0409 e. The van der Waals surface area contributed by atoms with Crippen LogP contribution in [0.3, 0.4) is 0 Å². The molecule has 3 heteroatoms. The van der Waals surface area contributed by atoms with Crippen molar-refractivity contribution in [2.75, 3.05) is 20.1 Å². The third-order valence-corrected chi connectivity index (χ3v) is 4.51. The van der Waals surface area contributed by atoms with Crippen molar-refractivity contribution in [2.45, 2.75) is 44.7 Å². The first-order valence-corrected chi connectivity index (χ1v) is 7.79. The Morgan fingerprint density at radius 1 is 1.47 bits per heavy atom. The summed E-state index contributed by atoms with van der Waals surface area (Å²) in [5.41, 5.74) is 1.29. The minimum Gasteiger partial charge on any atom is -0.313 e. The Bertz CT molecular complexity index is 394. The molecule has 1 aromatic carbocycles. The molecule has 0 aromatic heterocycles. The van der Waals surface area contributed by atoms with Crippen molar-refractivity contribution in [1.82, 2.24) is 10.2 Å². The first kappa shape index (κ1) is 14.8. The number of nitrogens with zero attached hydrogens (tertiary/aromatic N) is 1. The second-order valence-electron chi connectivity index (χ2n) is 5.43. The highest BCUT2D eigenvalue weighted by Gasteiger charge is 2.23. The van der Waals surface area contributed by atoms with E-state index < -0.39 is 0 Å². The average Bonchev–Trinajstić information content (AvgIpc) is 2.87. The largest absolute Gasteiger partial charge is 0.313 e. The van der Waals surface area contributed by atoms with Crippen molar-refractivity contribution in [2.24, 2.45) is 0 Å². The van der Waals surface area contributed by atoms with E-state index >= 15 is 0 Å². The first-order valence-electron chi connectivity index (χ1n) is 7.41. The van der Waals surface area contributed by atoms with Crippen LogP contribution < -0.4 is 5.32 Å². The van der Waals surface area contributed by atoms with Gasteiger partial charge in [0.2, 0.25) is 0 Å². The maximum Gasteiger partial charge on any atom is 0.0409 e. The van der Waals surface area contributed by atoms with Crippen LogP contribution in [0.15, 0.2) is 24.3 Å². The van der Waals surface area contributed by atoms with E-state index in [1.54, 1.807) is 0 Å². The van der Waals surface area contributed by atoms with Gasteiger partial charge in [-0.2, -0.15) is 0 Å². The quantitative estimate of drug-likeness (QED) is 0.851. The van der Waals surface area contributed by atoms with E-state index in [-0.39, 0.29) is 0 Å². The molecule has 106 valence electrons. The van der Waals surface area contributed by atoms with Gasteiger partial charge in [0.1, 0.15) is 0 Å². The number of halogens is 1. The maximum absolute atomic E-state index is 6.08. The fraction of sp³-hybridized carbons (Fsp3) is 0.625. The molecule has 2 nitrogen and oxygen atoms in total. The minimum atomic E-state index is 0.400. The summed E-state index contributed by atoms with van der Waals surface area (Å²) in [6.45, 7) is 4.75. The molecule has 1 aromatic rings. The molecule has 0 radical (unpaired) electrons. The molecule has 1 fully saturated rings. The fourth-order valence-corrected chi connectivity index (χ4v) is 3.35. The third-order valence-electron chi connectivity index (χ3n) is 4.27. The number of hydrogen-bond acceptors (Lipinski definition) is 2. The maximum atomic E-state index is 6.08. The van der Waals surface area contributed by atoms with Crippen molar-refractivity contribution in [3.05, 3.63) is 34.9 Å². The van der Waals surface area contributed by atoms with E-state index in [1.165, 1.54) is 37.9 Å². The Balaban J connectivity index is 1.92. The molecule has 1 aliphatic heterocycles. The predicted molar refractivity (Wildman–Crippen MR) is 82.8 cm³/mol. The van der Waals surface area contributed by atoms with E-state index in [2.05, 4.69) is 29.3 Å². The van der Waals surface area contributed by atoms with Gasteiger partial charge in [-0.25, -0.2) is 0 Å². The second kappa shape index (κ2) is 7.28. The monoisotopic (exact) mass is 280 g/mol. The van der Waals surface area contributed by atoms with Crippen LogP contribution in [0, 0.1) is 0 Å². The van der Waals surface area contributed by atoms with Crippen LogP contribution in [0.5, 0.6) is 0 Å². The normalized spacial score (nSPS) is 21.7. The Morgan fingerprint density at radius 3 is 3.00 bits per heavy atom. The van der Waals surface area contributed by atoms with E-state index in [1.807, 2.05) is 19.2 Å². The first-order chi connectivity index (χ1) is 9.24. The standard InChI is InChI=1S/C16H25ClN2/c1-3-15-8-5-10-19(15)11-9-16(18-2)13-6-4-7-14(17)12-13/h4,6-7,12,15-16,18H,3,5,8-11H2,1-2H3. The molecular weight excluding hydrogens is 256 g/mol. The summed E-state index contributed by atoms with van der Waals surface area (Å²) in [5, 5.41) is 4.24. The summed E-state index contributed by atoms with van der Waals surface area (Å²) in [4.78, 5) is 2.65. The Hall–Kier alpha value is -0.570. The van der Waals surface area contributed by atoms with Gasteiger partial charge in [0.25, 0.3) is 0 Å². The van der Waals surface area contributed by atoms with Crippen LogP contribution in [0.2, 0.25) is 5.02 Å². The molecule has 2 rings (SSSR count). The third kappa shape index (κ3) is 3.95. The number of nitrogens with one attached hydrogen (secondary N) is 1. The highest BCUT2D eigenvalue weighted by molar-refractivity contribution is 6.30. The van der Waals surface area contributed by atoms with Gasteiger partial charge in [0.05, 0.1) is 0 Å². The molecule has 0 amide bonds. The topological polar surface area (TPSA) is 15.3 Å². The lowest BCUT2D eigenvalue weighted by Gasteiger charge is -2.26. The zero-order valence-corrected chi connectivity index (χ0v) is 12.8. The SMILES string of the molecule is CCC1CCCN1CCC(NC)c1cccc(Cl)c1. The summed E-state index contributed by atoms with van der Waals surface area (Å²) in [6, 6.07) is 9.41. The fourth-order valence-electron chi connectivity index (χ4n) is 3.15. The van der Waals surface area contributed by atoms with Gasteiger partial charge in [0.15, 0.2) is 0 Å². The van der Waals surface area contributed by atoms with Crippen molar-refractivity contribution < 1.29 is 0 Å². The molecule has 1 heterocycles. The van der Waals surface area contributed by atoms with Crippen LogP contribution in [0.25, 0.3) is 0 Å². The van der Waals surface area contributed by atoms with Gasteiger partial charge in [-0.3, -0.25) is 0 Å². The lowest BCUT2D eigenvalue weighted by atomic mass is 10.0. The van der Waals surface area contributed by atoms with E-state index in [0.29, 0.717) is 6.04 Å². The van der Waals surface area contributed by atoms with Crippen LogP contribution in [-0.4, -0.2) is 31.1 Å². The van der Waals surface area contributed by atoms with Crippen molar-refractivity contribution >= 4 is 11.6 Å². The molecule has 19 heavy (non-hydrogen) atoms. The van der Waals surface area contributed by atoms with Crippen LogP contribution in [0.1, 0.15) is 44.2 Å². The lowest BCUT2D eigenvalue weighted by molar-refractivity contribution is 0.235. The molecule has 1 N–H and O–H groups in total. The molecule has 0 aliphatic carbocycles. The zero-order chi connectivity index (χ0) is 13.7. The van der Waals surface area contributed by atoms with Crippen LogP contribution >= 0.6 is 11.6 Å². The van der Waals surface area contributed by atoms with Gasteiger partial charge in [-0.15, -0.1) is 0 Å². The van der Waals surface area contributed by atoms with Gasteiger partial charge >= 0.3 is 0 Å². The van der Waals surface area contributed by atoms with E-state index in [0.717, 1.165) is 17.5 Å². The molecule has 2 atom stereocenters. The molecule has 0 bridgehead atoms. The predicted octanol–water partition coefficient (Wildman–Crippen LogP) is 3.87. The molecule has 0 saturated carbocycles. The average molecular weight is 281 g/mol. The summed E-state index contributed by atoms with van der Waals surface area (Å²) < 4.78 is 0. The highest BCUT2D eigenvalue weighted by Crippen LogP contribution is 2.24.